The maximum Gasteiger partial charge on any atom is 0.130 e. The first-order valence-corrected chi connectivity index (χ1v) is 7.31. The maximum absolute atomic E-state index is 14.0. The van der Waals surface area contributed by atoms with Gasteiger partial charge in [0.25, 0.3) is 0 Å². The normalized spacial score (nSPS) is 16.7. The van der Waals surface area contributed by atoms with E-state index in [1.54, 1.807) is 6.07 Å². The number of nitrogens with zero attached hydrogens (tertiary/aromatic N) is 1. The molecule has 0 aromatic heterocycles. The highest BCUT2D eigenvalue weighted by Crippen LogP contribution is 2.36. The molecule has 0 radical (unpaired) electrons. The Kier molecular flexibility index (Phi) is 4.46. The smallest absolute Gasteiger partial charge is 0.130 e. The van der Waals surface area contributed by atoms with Gasteiger partial charge >= 0.3 is 0 Å². The van der Waals surface area contributed by atoms with Crippen LogP contribution < -0.4 is 10.6 Å². The lowest BCUT2D eigenvalue weighted by molar-refractivity contribution is 0.562. The Morgan fingerprint density at radius 2 is 2.00 bits per heavy atom. The number of anilines is 1. The predicted octanol–water partition coefficient (Wildman–Crippen LogP) is 3.86. The minimum absolute atomic E-state index is 0.178. The van der Waals surface area contributed by atoms with Gasteiger partial charge < -0.3 is 10.6 Å². The summed E-state index contributed by atoms with van der Waals surface area (Å²) in [6, 6.07) is 5.63. The highest BCUT2D eigenvalue weighted by molar-refractivity contribution is 5.57. The van der Waals surface area contributed by atoms with Crippen molar-refractivity contribution in [1.29, 1.82) is 0 Å². The Bertz CT molecular complexity index is 425. The summed E-state index contributed by atoms with van der Waals surface area (Å²) in [4.78, 5) is 2.36. The van der Waals surface area contributed by atoms with Gasteiger partial charge in [0, 0.05) is 29.9 Å². The molecule has 1 fully saturated rings. The molecular weight excluding hydrogens is 239 g/mol. The number of hydrogen-bond donors (Lipinski definition) is 1. The number of hydrogen-bond acceptors (Lipinski definition) is 2. The molecule has 0 unspecified atom stereocenters. The molecule has 106 valence electrons. The summed E-state index contributed by atoms with van der Waals surface area (Å²) in [6.45, 7) is 7.30. The van der Waals surface area contributed by atoms with Gasteiger partial charge in [-0.2, -0.15) is 0 Å². The SMILES string of the molecule is CC(C)CCN(c1cccc(F)c1[C@H](C)N)C1CC1. The van der Waals surface area contributed by atoms with Crippen LogP contribution in [0.4, 0.5) is 10.1 Å². The van der Waals surface area contributed by atoms with E-state index in [9.17, 15) is 4.39 Å². The second-order valence-corrected chi connectivity index (χ2v) is 6.07. The average molecular weight is 264 g/mol. The monoisotopic (exact) mass is 264 g/mol. The zero-order valence-corrected chi connectivity index (χ0v) is 12.2. The summed E-state index contributed by atoms with van der Waals surface area (Å²) in [5.41, 5.74) is 7.63. The van der Waals surface area contributed by atoms with Crippen LogP contribution in [0, 0.1) is 11.7 Å². The van der Waals surface area contributed by atoms with Crippen molar-refractivity contribution in [2.75, 3.05) is 11.4 Å². The molecule has 0 aliphatic heterocycles. The molecule has 2 N–H and O–H groups in total. The van der Waals surface area contributed by atoms with Crippen molar-refractivity contribution in [3.8, 4) is 0 Å². The first-order valence-electron chi connectivity index (χ1n) is 7.31. The fraction of sp³-hybridized carbons (Fsp3) is 0.625. The molecule has 0 saturated heterocycles. The number of rotatable bonds is 6. The third-order valence-electron chi connectivity index (χ3n) is 3.73. The molecule has 3 heteroatoms. The molecule has 0 spiro atoms. The van der Waals surface area contributed by atoms with Crippen molar-refractivity contribution < 1.29 is 4.39 Å². The van der Waals surface area contributed by atoms with Gasteiger partial charge in [0.2, 0.25) is 0 Å². The highest BCUT2D eigenvalue weighted by Gasteiger charge is 2.31. The van der Waals surface area contributed by atoms with Crippen molar-refractivity contribution in [2.24, 2.45) is 11.7 Å². The van der Waals surface area contributed by atoms with Crippen LogP contribution >= 0.6 is 0 Å². The molecule has 2 rings (SSSR count). The molecule has 1 aliphatic rings. The van der Waals surface area contributed by atoms with Crippen molar-refractivity contribution in [2.45, 2.75) is 52.1 Å². The molecule has 0 heterocycles. The maximum atomic E-state index is 14.0. The van der Waals surface area contributed by atoms with E-state index in [-0.39, 0.29) is 11.9 Å². The molecule has 1 saturated carbocycles. The topological polar surface area (TPSA) is 29.3 Å². The van der Waals surface area contributed by atoms with Gasteiger partial charge in [-0.25, -0.2) is 4.39 Å². The largest absolute Gasteiger partial charge is 0.368 e. The molecule has 0 amide bonds. The molecule has 2 nitrogen and oxygen atoms in total. The van der Waals surface area contributed by atoms with E-state index < -0.39 is 0 Å². The van der Waals surface area contributed by atoms with Gasteiger partial charge in [0.05, 0.1) is 0 Å². The summed E-state index contributed by atoms with van der Waals surface area (Å²) < 4.78 is 14.0. The van der Waals surface area contributed by atoms with Gasteiger partial charge in [-0.3, -0.25) is 0 Å². The van der Waals surface area contributed by atoms with Crippen LogP contribution in [0.25, 0.3) is 0 Å². The average Bonchev–Trinajstić information content (AvgIpc) is 3.12. The molecule has 1 atom stereocenters. The van der Waals surface area contributed by atoms with Crippen LogP contribution in [0.1, 0.15) is 51.6 Å². The standard InChI is InChI=1S/C16H25FN2/c1-11(2)9-10-19(13-7-8-13)15-6-4-5-14(17)16(15)12(3)18/h4-6,11-13H,7-10,18H2,1-3H3/t12-/m0/s1. The minimum atomic E-state index is -0.267. The predicted molar refractivity (Wildman–Crippen MR) is 78.8 cm³/mol. The Balaban J connectivity index is 2.28. The number of halogens is 1. The minimum Gasteiger partial charge on any atom is -0.368 e. The summed E-state index contributed by atoms with van der Waals surface area (Å²) in [5, 5.41) is 0. The first-order chi connectivity index (χ1) is 9.00. The Morgan fingerprint density at radius 3 is 2.53 bits per heavy atom. The van der Waals surface area contributed by atoms with Crippen molar-refractivity contribution in [1.82, 2.24) is 0 Å². The van der Waals surface area contributed by atoms with Crippen LogP contribution in [0.5, 0.6) is 0 Å². The van der Waals surface area contributed by atoms with Crippen LogP contribution in [0.3, 0.4) is 0 Å². The van der Waals surface area contributed by atoms with Gasteiger partial charge in [-0.1, -0.05) is 19.9 Å². The molecule has 19 heavy (non-hydrogen) atoms. The molecule has 1 aromatic rings. The molecular formula is C16H25FN2. The van der Waals surface area contributed by atoms with E-state index in [2.05, 4.69) is 18.7 Å². The number of nitrogens with two attached hydrogens (primary N) is 1. The quantitative estimate of drug-likeness (QED) is 0.845. The van der Waals surface area contributed by atoms with E-state index in [0.29, 0.717) is 17.5 Å². The van der Waals surface area contributed by atoms with Crippen molar-refractivity contribution in [3.63, 3.8) is 0 Å². The fourth-order valence-electron chi connectivity index (χ4n) is 2.51. The van der Waals surface area contributed by atoms with Crippen LogP contribution in [0.15, 0.2) is 18.2 Å². The third kappa shape index (κ3) is 3.47. The Morgan fingerprint density at radius 1 is 1.32 bits per heavy atom. The second-order valence-electron chi connectivity index (χ2n) is 6.07. The van der Waals surface area contributed by atoms with E-state index in [1.165, 1.54) is 18.9 Å². The van der Waals surface area contributed by atoms with Gasteiger partial charge in [-0.05, 0) is 44.2 Å². The lowest BCUT2D eigenvalue weighted by atomic mass is 10.0. The van der Waals surface area contributed by atoms with E-state index >= 15 is 0 Å². The van der Waals surface area contributed by atoms with Crippen LogP contribution in [0.2, 0.25) is 0 Å². The lowest BCUT2D eigenvalue weighted by Crippen LogP contribution is -2.30. The number of benzene rings is 1. The summed E-state index contributed by atoms with van der Waals surface area (Å²) >= 11 is 0. The third-order valence-corrected chi connectivity index (χ3v) is 3.73. The van der Waals surface area contributed by atoms with E-state index in [0.717, 1.165) is 18.7 Å². The van der Waals surface area contributed by atoms with Gasteiger partial charge in [0.1, 0.15) is 5.82 Å². The van der Waals surface area contributed by atoms with Crippen molar-refractivity contribution >= 4 is 5.69 Å². The Hall–Kier alpha value is -1.09. The summed E-state index contributed by atoms with van der Waals surface area (Å²) in [6.07, 6.45) is 3.56. The van der Waals surface area contributed by atoms with Crippen LogP contribution in [-0.2, 0) is 0 Å². The molecule has 0 bridgehead atoms. The molecule has 1 aliphatic carbocycles. The fourth-order valence-corrected chi connectivity index (χ4v) is 2.51. The van der Waals surface area contributed by atoms with Gasteiger partial charge in [0.15, 0.2) is 0 Å². The molecule has 1 aromatic carbocycles. The lowest BCUT2D eigenvalue weighted by Gasteiger charge is -2.29. The van der Waals surface area contributed by atoms with E-state index in [4.69, 9.17) is 5.73 Å². The highest BCUT2D eigenvalue weighted by atomic mass is 19.1. The first kappa shape index (κ1) is 14.3. The van der Waals surface area contributed by atoms with Gasteiger partial charge in [-0.15, -0.1) is 0 Å². The zero-order chi connectivity index (χ0) is 14.0. The van der Waals surface area contributed by atoms with Crippen LogP contribution in [-0.4, -0.2) is 12.6 Å². The van der Waals surface area contributed by atoms with E-state index in [1.807, 2.05) is 13.0 Å². The Labute approximate surface area is 115 Å². The second kappa shape index (κ2) is 5.91. The van der Waals surface area contributed by atoms with Crippen molar-refractivity contribution in [3.05, 3.63) is 29.6 Å². The summed E-state index contributed by atoms with van der Waals surface area (Å²) in [5.74, 6) is 0.483. The zero-order valence-electron chi connectivity index (χ0n) is 12.2. The summed E-state index contributed by atoms with van der Waals surface area (Å²) in [7, 11) is 0.